The molecule has 7 nitrogen and oxygen atoms in total. The van der Waals surface area contributed by atoms with Crippen molar-refractivity contribution in [2.24, 2.45) is 0 Å². The fraction of sp³-hybridized carbons (Fsp3) is 0.727. The summed E-state index contributed by atoms with van der Waals surface area (Å²) in [6, 6.07) is -1.44. The van der Waals surface area contributed by atoms with Gasteiger partial charge in [0.15, 0.2) is 0 Å². The van der Waals surface area contributed by atoms with Crippen LogP contribution in [0, 0.1) is 0 Å². The highest BCUT2D eigenvalue weighted by molar-refractivity contribution is 5.82. The van der Waals surface area contributed by atoms with Gasteiger partial charge in [0.05, 0.1) is 6.61 Å². The predicted molar refractivity (Wildman–Crippen MR) is 64.1 cm³/mol. The van der Waals surface area contributed by atoms with E-state index in [-0.39, 0.29) is 12.4 Å². The molecular formula is C11H20N2O5. The molecule has 0 radical (unpaired) electrons. The molecule has 0 saturated heterocycles. The Hall–Kier alpha value is -1.79. The van der Waals surface area contributed by atoms with E-state index < -0.39 is 18.0 Å². The summed E-state index contributed by atoms with van der Waals surface area (Å²) in [5.41, 5.74) is 0. The number of hydrogen-bond donors (Lipinski definition) is 3. The van der Waals surface area contributed by atoms with Gasteiger partial charge >= 0.3 is 18.0 Å². The molecule has 104 valence electrons. The van der Waals surface area contributed by atoms with Crippen molar-refractivity contribution in [3.8, 4) is 0 Å². The van der Waals surface area contributed by atoms with Gasteiger partial charge in [0.1, 0.15) is 6.04 Å². The fourth-order valence-corrected chi connectivity index (χ4v) is 1.22. The number of carboxylic acids is 1. The van der Waals surface area contributed by atoms with Crippen molar-refractivity contribution in [3.05, 3.63) is 0 Å². The van der Waals surface area contributed by atoms with Crippen molar-refractivity contribution in [1.29, 1.82) is 0 Å². The van der Waals surface area contributed by atoms with Gasteiger partial charge in [-0.1, -0.05) is 6.92 Å². The molecule has 2 amide bonds. The fourth-order valence-electron chi connectivity index (χ4n) is 1.22. The molecule has 7 heteroatoms. The lowest BCUT2D eigenvalue weighted by Gasteiger charge is -2.12. The lowest BCUT2D eigenvalue weighted by molar-refractivity contribution is -0.143. The van der Waals surface area contributed by atoms with E-state index in [1.807, 2.05) is 0 Å². The number of rotatable bonds is 8. The summed E-state index contributed by atoms with van der Waals surface area (Å²) in [4.78, 5) is 32.9. The highest BCUT2D eigenvalue weighted by Crippen LogP contribution is 1.93. The Balaban J connectivity index is 3.71. The molecule has 18 heavy (non-hydrogen) atoms. The van der Waals surface area contributed by atoms with Gasteiger partial charge in [-0.05, 0) is 19.8 Å². The number of nitrogens with one attached hydrogen (secondary N) is 2. The number of carbonyl (C=O) groups excluding carboxylic acids is 2. The molecule has 0 aliphatic carbocycles. The minimum atomic E-state index is -1.07. The third-order valence-electron chi connectivity index (χ3n) is 2.16. The second-order valence-electron chi connectivity index (χ2n) is 3.61. The molecule has 1 atom stereocenters. The maximum atomic E-state index is 11.3. The molecule has 0 unspecified atom stereocenters. The largest absolute Gasteiger partial charge is 0.480 e. The van der Waals surface area contributed by atoms with Crippen LogP contribution in [0.5, 0.6) is 0 Å². The first-order valence-electron chi connectivity index (χ1n) is 5.94. The van der Waals surface area contributed by atoms with Crippen molar-refractivity contribution in [3.63, 3.8) is 0 Å². The minimum Gasteiger partial charge on any atom is -0.480 e. The molecule has 0 aromatic heterocycles. The zero-order valence-electron chi connectivity index (χ0n) is 10.7. The topological polar surface area (TPSA) is 105 Å². The van der Waals surface area contributed by atoms with Gasteiger partial charge < -0.3 is 20.5 Å². The van der Waals surface area contributed by atoms with Crippen molar-refractivity contribution in [2.45, 2.75) is 39.2 Å². The van der Waals surface area contributed by atoms with Crippen LogP contribution in [0.4, 0.5) is 4.79 Å². The Labute approximate surface area is 106 Å². The van der Waals surface area contributed by atoms with Gasteiger partial charge in [-0.25, -0.2) is 9.59 Å². The van der Waals surface area contributed by atoms with Crippen LogP contribution in [-0.4, -0.2) is 42.3 Å². The second-order valence-corrected chi connectivity index (χ2v) is 3.61. The number of urea groups is 1. The summed E-state index contributed by atoms with van der Waals surface area (Å²) in [7, 11) is 0. The quantitative estimate of drug-likeness (QED) is 0.435. The van der Waals surface area contributed by atoms with E-state index in [9.17, 15) is 14.4 Å². The minimum absolute atomic E-state index is 0.226. The SMILES string of the molecule is CCOC(=O)CCCNC(=O)N[C@@H](CC)C(=O)O. The van der Waals surface area contributed by atoms with Crippen molar-refractivity contribution >= 4 is 18.0 Å². The predicted octanol–water partition coefficient (Wildman–Crippen LogP) is 0.492. The summed E-state index contributed by atoms with van der Waals surface area (Å²) in [6.45, 7) is 4.02. The first kappa shape index (κ1) is 16.2. The maximum absolute atomic E-state index is 11.3. The number of aliphatic carboxylic acids is 1. The third-order valence-corrected chi connectivity index (χ3v) is 2.16. The van der Waals surface area contributed by atoms with E-state index in [1.165, 1.54) is 0 Å². The molecule has 0 aromatic carbocycles. The van der Waals surface area contributed by atoms with Crippen molar-refractivity contribution in [1.82, 2.24) is 10.6 Å². The molecule has 0 aliphatic heterocycles. The average molecular weight is 260 g/mol. The van der Waals surface area contributed by atoms with E-state index in [0.29, 0.717) is 26.0 Å². The van der Waals surface area contributed by atoms with Gasteiger partial charge in [-0.3, -0.25) is 4.79 Å². The van der Waals surface area contributed by atoms with E-state index in [4.69, 9.17) is 9.84 Å². The van der Waals surface area contributed by atoms with Gasteiger partial charge in [-0.15, -0.1) is 0 Å². The molecule has 0 saturated carbocycles. The molecule has 0 bridgehead atoms. The van der Waals surface area contributed by atoms with E-state index in [0.717, 1.165) is 0 Å². The molecule has 0 spiro atoms. The van der Waals surface area contributed by atoms with Gasteiger partial charge in [-0.2, -0.15) is 0 Å². The number of amides is 2. The lowest BCUT2D eigenvalue weighted by atomic mass is 10.2. The van der Waals surface area contributed by atoms with Crippen LogP contribution in [0.3, 0.4) is 0 Å². The number of ether oxygens (including phenoxy) is 1. The molecular weight excluding hydrogens is 240 g/mol. The Morgan fingerprint density at radius 2 is 1.94 bits per heavy atom. The zero-order valence-corrected chi connectivity index (χ0v) is 10.7. The highest BCUT2D eigenvalue weighted by atomic mass is 16.5. The Bertz CT molecular complexity index is 293. The second kappa shape index (κ2) is 9.26. The Morgan fingerprint density at radius 3 is 2.44 bits per heavy atom. The average Bonchev–Trinajstić information content (AvgIpc) is 2.31. The first-order chi connectivity index (χ1) is 8.51. The van der Waals surface area contributed by atoms with Crippen molar-refractivity contribution in [2.75, 3.05) is 13.2 Å². The van der Waals surface area contributed by atoms with E-state index in [2.05, 4.69) is 10.6 Å². The number of carbonyl (C=O) groups is 3. The van der Waals surface area contributed by atoms with Gasteiger partial charge in [0.2, 0.25) is 0 Å². The van der Waals surface area contributed by atoms with Gasteiger partial charge in [0, 0.05) is 13.0 Å². The van der Waals surface area contributed by atoms with Gasteiger partial charge in [0.25, 0.3) is 0 Å². The summed E-state index contributed by atoms with van der Waals surface area (Å²) < 4.78 is 4.72. The van der Waals surface area contributed by atoms with Crippen molar-refractivity contribution < 1.29 is 24.2 Å². The van der Waals surface area contributed by atoms with Crippen LogP contribution in [0.2, 0.25) is 0 Å². The van der Waals surface area contributed by atoms with Crippen LogP contribution >= 0.6 is 0 Å². The van der Waals surface area contributed by atoms with Crippen LogP contribution in [-0.2, 0) is 14.3 Å². The normalized spacial score (nSPS) is 11.4. The van der Waals surface area contributed by atoms with E-state index >= 15 is 0 Å². The van der Waals surface area contributed by atoms with Crippen LogP contribution in [0.1, 0.15) is 33.1 Å². The van der Waals surface area contributed by atoms with Crippen LogP contribution < -0.4 is 10.6 Å². The molecule has 0 aromatic rings. The Kier molecular flexibility index (Phi) is 8.34. The third kappa shape index (κ3) is 7.48. The number of esters is 1. The Morgan fingerprint density at radius 1 is 1.28 bits per heavy atom. The molecule has 0 fully saturated rings. The summed E-state index contributed by atoms with van der Waals surface area (Å²) in [5, 5.41) is 13.5. The van der Waals surface area contributed by atoms with Crippen LogP contribution in [0.15, 0.2) is 0 Å². The lowest BCUT2D eigenvalue weighted by Crippen LogP contribution is -2.45. The molecule has 3 N–H and O–H groups in total. The maximum Gasteiger partial charge on any atom is 0.326 e. The van der Waals surface area contributed by atoms with E-state index in [1.54, 1.807) is 13.8 Å². The molecule has 0 rings (SSSR count). The smallest absolute Gasteiger partial charge is 0.326 e. The molecule has 0 aliphatic rings. The number of hydrogen-bond acceptors (Lipinski definition) is 4. The summed E-state index contributed by atoms with van der Waals surface area (Å²) in [5.74, 6) is -1.38. The summed E-state index contributed by atoms with van der Waals surface area (Å²) in [6.07, 6.45) is 0.992. The zero-order chi connectivity index (χ0) is 14.0. The monoisotopic (exact) mass is 260 g/mol. The highest BCUT2D eigenvalue weighted by Gasteiger charge is 2.16. The first-order valence-corrected chi connectivity index (χ1v) is 5.94. The molecule has 0 heterocycles. The standard InChI is InChI=1S/C11H20N2O5/c1-3-8(10(15)16)13-11(17)12-7-5-6-9(14)18-4-2/h8H,3-7H2,1-2H3,(H,15,16)(H2,12,13,17)/t8-/m0/s1. The number of carboxylic acid groups (broad SMARTS) is 1. The van der Waals surface area contributed by atoms with Crippen LogP contribution in [0.25, 0.3) is 0 Å². The summed E-state index contributed by atoms with van der Waals surface area (Å²) >= 11 is 0.